The Hall–Kier alpha value is -4.28. The van der Waals surface area contributed by atoms with E-state index in [1.165, 1.54) is 6.92 Å². The lowest BCUT2D eigenvalue weighted by atomic mass is 10.1. The molecule has 0 aromatic heterocycles. The summed E-state index contributed by atoms with van der Waals surface area (Å²) in [7, 11) is 0. The van der Waals surface area contributed by atoms with Crippen LogP contribution >= 0.6 is 11.8 Å². The number of nitrogens with one attached hydrogen (secondary N) is 3. The topological polar surface area (TPSA) is 226 Å². The van der Waals surface area contributed by atoms with Crippen LogP contribution in [0.1, 0.15) is 59.3 Å². The van der Waals surface area contributed by atoms with Gasteiger partial charge in [0.1, 0.15) is 18.6 Å². The number of thioether (sulfide) groups is 1. The maximum atomic E-state index is 12.9. The van der Waals surface area contributed by atoms with E-state index in [0.717, 1.165) is 42.8 Å². The molecule has 1 aromatic rings. The van der Waals surface area contributed by atoms with Crippen LogP contribution in [0.3, 0.4) is 0 Å². The average Bonchev–Trinajstić information content (AvgIpc) is 2.95. The highest BCUT2D eigenvalue weighted by atomic mass is 32.2. The molecule has 0 fully saturated rings. The Kier molecular flexibility index (Phi) is 16.9. The number of carbonyl (C=O) groups is 5. The molecule has 43 heavy (non-hydrogen) atoms. The minimum atomic E-state index is -1.31. The Morgan fingerprint density at radius 2 is 1.58 bits per heavy atom. The van der Waals surface area contributed by atoms with Crippen molar-refractivity contribution in [1.82, 2.24) is 16.0 Å². The van der Waals surface area contributed by atoms with E-state index in [-0.39, 0.29) is 36.7 Å². The monoisotopic (exact) mass is 627 g/mol. The number of carbonyl (C=O) groups excluding carboxylic acids is 5. The maximum absolute atomic E-state index is 12.9. The molecule has 0 saturated heterocycles. The highest BCUT2D eigenvalue weighted by Gasteiger charge is 2.27. The van der Waals surface area contributed by atoms with Crippen LogP contribution in [0, 0.1) is 20.2 Å². The lowest BCUT2D eigenvalue weighted by Gasteiger charge is -2.20. The number of amides is 3. The van der Waals surface area contributed by atoms with Crippen LogP contribution in [0.15, 0.2) is 23.1 Å². The number of non-ortho nitro benzene ring substituents is 1. The number of hydrogen-bond donors (Lipinski definition) is 3. The van der Waals surface area contributed by atoms with Crippen molar-refractivity contribution in [3.63, 3.8) is 0 Å². The normalized spacial score (nSPS) is 11.9. The summed E-state index contributed by atoms with van der Waals surface area (Å²) < 4.78 is 10.1. The molecule has 0 aliphatic rings. The summed E-state index contributed by atoms with van der Waals surface area (Å²) in [5.74, 6) is -3.67. The lowest BCUT2D eigenvalue weighted by molar-refractivity contribution is -0.396. The first kappa shape index (κ1) is 36.7. The van der Waals surface area contributed by atoms with E-state index >= 15 is 0 Å². The van der Waals surface area contributed by atoms with E-state index in [1.54, 1.807) is 0 Å². The first-order chi connectivity index (χ1) is 20.4. The number of ether oxygens (including phenoxy) is 2. The van der Waals surface area contributed by atoms with Crippen LogP contribution < -0.4 is 16.0 Å². The van der Waals surface area contributed by atoms with Crippen molar-refractivity contribution in [2.24, 2.45) is 0 Å². The number of nitro benzene ring substituents is 2. The fraction of sp³-hybridized carbons (Fsp3) is 0.577. The fourth-order valence-corrected chi connectivity index (χ4v) is 4.38. The second-order valence-corrected chi connectivity index (χ2v) is 10.3. The maximum Gasteiger partial charge on any atom is 0.328 e. The van der Waals surface area contributed by atoms with Gasteiger partial charge in [0.2, 0.25) is 17.7 Å². The zero-order valence-electron chi connectivity index (χ0n) is 24.3. The molecule has 17 heteroatoms. The van der Waals surface area contributed by atoms with Crippen molar-refractivity contribution >= 4 is 52.8 Å². The Morgan fingerprint density at radius 1 is 0.930 bits per heavy atom. The molecule has 0 saturated carbocycles. The number of rotatable bonds is 20. The smallest absolute Gasteiger partial charge is 0.328 e. The van der Waals surface area contributed by atoms with Crippen LogP contribution in [0.4, 0.5) is 11.4 Å². The van der Waals surface area contributed by atoms with Crippen molar-refractivity contribution in [2.75, 3.05) is 25.5 Å². The molecular formula is C26H37N5O11S. The predicted molar refractivity (Wildman–Crippen MR) is 154 cm³/mol. The third kappa shape index (κ3) is 14.4. The summed E-state index contributed by atoms with van der Waals surface area (Å²) >= 11 is 0.787. The Bertz CT molecular complexity index is 1160. The molecule has 0 unspecified atom stereocenters. The van der Waals surface area contributed by atoms with Crippen LogP contribution in [0.5, 0.6) is 0 Å². The molecule has 238 valence electrons. The minimum Gasteiger partial charge on any atom is -0.464 e. The molecule has 1 rings (SSSR count). The molecule has 0 heterocycles. The van der Waals surface area contributed by atoms with Gasteiger partial charge in [-0.1, -0.05) is 26.7 Å². The highest BCUT2D eigenvalue weighted by molar-refractivity contribution is 7.99. The summed E-state index contributed by atoms with van der Waals surface area (Å²) in [5, 5.41) is 29.8. The molecule has 0 radical (unpaired) electrons. The third-order valence-corrected chi connectivity index (χ3v) is 6.80. The summed E-state index contributed by atoms with van der Waals surface area (Å²) in [4.78, 5) is 82.6. The first-order valence-corrected chi connectivity index (χ1v) is 14.6. The SMILES string of the molecule is CCCCOC(=O)CNC(=O)[C@H](CSc1ccc([N+](=O)[O-])cc1[N+](=O)[O-])NC(=O)CC[C@H](NC(C)=O)C(=O)OCCCC. The van der Waals surface area contributed by atoms with E-state index in [9.17, 15) is 44.2 Å². The molecule has 16 nitrogen and oxygen atoms in total. The number of esters is 2. The number of nitrogens with zero attached hydrogens (tertiary/aromatic N) is 2. The van der Waals surface area contributed by atoms with Gasteiger partial charge < -0.3 is 25.4 Å². The Balaban J connectivity index is 3.01. The molecule has 0 bridgehead atoms. The number of hydrogen-bond acceptors (Lipinski definition) is 12. The standard InChI is InChI=1S/C26H37N5O11S/c1-4-6-12-41-24(34)15-27-25(35)20(16-43-22-10-8-18(30(37)38)14-21(22)31(39)40)29-23(33)11-9-19(28-17(3)32)26(36)42-13-7-5-2/h8,10,14,19-20H,4-7,9,11-13,15-16H2,1-3H3,(H,27,35)(H,28,32)(H,29,33)/t19-,20-/m0/s1. The largest absolute Gasteiger partial charge is 0.464 e. The molecule has 0 aliphatic heterocycles. The van der Waals surface area contributed by atoms with E-state index in [0.29, 0.717) is 12.8 Å². The van der Waals surface area contributed by atoms with Crippen LogP contribution in [0.25, 0.3) is 0 Å². The first-order valence-electron chi connectivity index (χ1n) is 13.6. The Morgan fingerprint density at radius 3 is 2.16 bits per heavy atom. The second-order valence-electron chi connectivity index (χ2n) is 9.20. The molecular weight excluding hydrogens is 590 g/mol. The molecule has 3 N–H and O–H groups in total. The van der Waals surface area contributed by atoms with Gasteiger partial charge in [-0.3, -0.25) is 39.4 Å². The zero-order chi connectivity index (χ0) is 32.4. The molecule has 0 aliphatic carbocycles. The third-order valence-electron chi connectivity index (χ3n) is 5.64. The van der Waals surface area contributed by atoms with Gasteiger partial charge in [-0.2, -0.15) is 0 Å². The molecule has 3 amide bonds. The van der Waals surface area contributed by atoms with Gasteiger partial charge in [-0.05, 0) is 25.3 Å². The zero-order valence-corrected chi connectivity index (χ0v) is 25.1. The van der Waals surface area contributed by atoms with Crippen molar-refractivity contribution in [3.8, 4) is 0 Å². The van der Waals surface area contributed by atoms with Gasteiger partial charge in [0.25, 0.3) is 11.4 Å². The average molecular weight is 628 g/mol. The van der Waals surface area contributed by atoms with Gasteiger partial charge >= 0.3 is 11.9 Å². The fourth-order valence-electron chi connectivity index (χ4n) is 3.36. The van der Waals surface area contributed by atoms with Gasteiger partial charge in [0.05, 0.1) is 34.0 Å². The number of benzene rings is 1. The van der Waals surface area contributed by atoms with Crippen molar-refractivity contribution < 1.29 is 43.3 Å². The summed E-state index contributed by atoms with van der Waals surface area (Å²) in [6.45, 7) is 4.83. The van der Waals surface area contributed by atoms with Gasteiger partial charge in [-0.25, -0.2) is 4.79 Å². The van der Waals surface area contributed by atoms with Crippen molar-refractivity contribution in [2.45, 2.75) is 76.3 Å². The molecule has 1 aromatic carbocycles. The highest BCUT2D eigenvalue weighted by Crippen LogP contribution is 2.32. The quantitative estimate of drug-likeness (QED) is 0.0621. The lowest BCUT2D eigenvalue weighted by Crippen LogP contribution is -2.50. The van der Waals surface area contributed by atoms with Crippen LogP contribution in [0.2, 0.25) is 0 Å². The van der Waals surface area contributed by atoms with E-state index in [4.69, 9.17) is 9.47 Å². The van der Waals surface area contributed by atoms with Gasteiger partial charge in [-0.15, -0.1) is 11.8 Å². The second kappa shape index (κ2) is 19.8. The Labute approximate surface area is 252 Å². The number of unbranched alkanes of at least 4 members (excludes halogenated alkanes) is 2. The summed E-state index contributed by atoms with van der Waals surface area (Å²) in [6.07, 6.45) is 2.37. The van der Waals surface area contributed by atoms with Crippen LogP contribution in [-0.2, 0) is 33.4 Å². The van der Waals surface area contributed by atoms with Crippen molar-refractivity contribution in [3.05, 3.63) is 38.4 Å². The predicted octanol–water partition coefficient (Wildman–Crippen LogP) is 2.17. The van der Waals surface area contributed by atoms with E-state index in [1.807, 2.05) is 13.8 Å². The number of nitro groups is 2. The molecule has 0 spiro atoms. The summed E-state index contributed by atoms with van der Waals surface area (Å²) in [6, 6.07) is 0.584. The molecule has 2 atom stereocenters. The van der Waals surface area contributed by atoms with Crippen LogP contribution in [-0.4, -0.2) is 77.1 Å². The van der Waals surface area contributed by atoms with Gasteiger partial charge in [0, 0.05) is 25.2 Å². The van der Waals surface area contributed by atoms with E-state index in [2.05, 4.69) is 16.0 Å². The van der Waals surface area contributed by atoms with E-state index < -0.39 is 69.5 Å². The minimum absolute atomic E-state index is 0.00201. The van der Waals surface area contributed by atoms with Gasteiger partial charge in [0.15, 0.2) is 0 Å². The van der Waals surface area contributed by atoms with Crippen molar-refractivity contribution in [1.29, 1.82) is 0 Å². The summed E-state index contributed by atoms with van der Waals surface area (Å²) in [5.41, 5.74) is -1.06.